The number of rotatable bonds is 2. The Bertz CT molecular complexity index is 528. The van der Waals surface area contributed by atoms with E-state index in [1.54, 1.807) is 20.8 Å². The summed E-state index contributed by atoms with van der Waals surface area (Å²) in [5.74, 6) is -1.41. The highest BCUT2D eigenvalue weighted by Gasteiger charge is 2.23. The summed E-state index contributed by atoms with van der Waals surface area (Å²) in [4.78, 5) is 29.6. The zero-order chi connectivity index (χ0) is 14.8. The van der Waals surface area contributed by atoms with Crippen LogP contribution < -0.4 is 5.32 Å². The Balaban J connectivity index is 3.07. The molecule has 0 aliphatic rings. The highest BCUT2D eigenvalue weighted by atomic mass is 35.5. The number of carbonyl (C=O) groups excluding carboxylic acids is 1. The molecule has 9 heteroatoms. The molecule has 1 aromatic rings. The van der Waals surface area contributed by atoms with Gasteiger partial charge < -0.3 is 9.84 Å². The summed E-state index contributed by atoms with van der Waals surface area (Å²) in [5.41, 5.74) is -1.53. The lowest BCUT2D eigenvalue weighted by Gasteiger charge is -2.20. The third kappa shape index (κ3) is 4.53. The van der Waals surface area contributed by atoms with Crippen LogP contribution >= 0.6 is 23.2 Å². The third-order valence-corrected chi connectivity index (χ3v) is 2.11. The first-order valence-corrected chi connectivity index (χ1v) is 5.82. The minimum Gasteiger partial charge on any atom is -0.476 e. The Hall–Kier alpha value is -1.60. The van der Waals surface area contributed by atoms with E-state index in [0.29, 0.717) is 0 Å². The topological polar surface area (TPSA) is 101 Å². The molecule has 0 radical (unpaired) electrons. The summed E-state index contributed by atoms with van der Waals surface area (Å²) in [5, 5.41) is 10.5. The number of ether oxygens (including phenoxy) is 1. The summed E-state index contributed by atoms with van der Waals surface area (Å²) in [7, 11) is 0. The molecule has 0 aliphatic heterocycles. The molecule has 2 N–H and O–H groups in total. The lowest BCUT2D eigenvalue weighted by atomic mass is 10.2. The summed E-state index contributed by atoms with van der Waals surface area (Å²) < 4.78 is 4.97. The Morgan fingerprint density at radius 3 is 2.32 bits per heavy atom. The van der Waals surface area contributed by atoms with E-state index in [4.69, 9.17) is 33.0 Å². The van der Waals surface area contributed by atoms with Crippen molar-refractivity contribution in [2.45, 2.75) is 26.4 Å². The predicted octanol–water partition coefficient (Wildman–Crippen LogP) is 2.83. The zero-order valence-electron chi connectivity index (χ0n) is 10.3. The van der Waals surface area contributed by atoms with Gasteiger partial charge in [-0.3, -0.25) is 5.32 Å². The molecular formula is C10H11Cl2N3O4. The van der Waals surface area contributed by atoms with E-state index in [1.165, 1.54) is 0 Å². The van der Waals surface area contributed by atoms with Gasteiger partial charge in [-0.1, -0.05) is 11.6 Å². The number of anilines is 1. The van der Waals surface area contributed by atoms with Gasteiger partial charge in [-0.15, -0.1) is 0 Å². The Kier molecular flexibility index (Phi) is 4.54. The first-order chi connectivity index (χ1) is 8.60. The van der Waals surface area contributed by atoms with Gasteiger partial charge in [-0.2, -0.15) is 0 Å². The lowest BCUT2D eigenvalue weighted by Crippen LogP contribution is -2.28. The molecule has 0 saturated carbocycles. The van der Waals surface area contributed by atoms with Gasteiger partial charge in [-0.25, -0.2) is 19.6 Å². The second-order valence-electron chi connectivity index (χ2n) is 4.44. The number of nitrogens with zero attached hydrogens (tertiary/aromatic N) is 2. The lowest BCUT2D eigenvalue weighted by molar-refractivity contribution is 0.0636. The Labute approximate surface area is 118 Å². The molecule has 0 saturated heterocycles. The van der Waals surface area contributed by atoms with Crippen LogP contribution in [0.25, 0.3) is 0 Å². The van der Waals surface area contributed by atoms with Crippen molar-refractivity contribution < 1.29 is 19.4 Å². The fourth-order valence-electron chi connectivity index (χ4n) is 1.08. The number of halogens is 2. The van der Waals surface area contributed by atoms with E-state index in [9.17, 15) is 9.59 Å². The SMILES string of the molecule is CC(C)(C)OC(=O)Nc1c(Cl)nc(Cl)nc1C(=O)O. The Morgan fingerprint density at radius 1 is 1.26 bits per heavy atom. The highest BCUT2D eigenvalue weighted by molar-refractivity contribution is 6.34. The molecule has 1 aromatic heterocycles. The molecule has 0 bridgehead atoms. The smallest absolute Gasteiger partial charge is 0.412 e. The highest BCUT2D eigenvalue weighted by Crippen LogP contribution is 2.25. The van der Waals surface area contributed by atoms with Crippen molar-refractivity contribution in [2.24, 2.45) is 0 Å². The summed E-state index contributed by atoms with van der Waals surface area (Å²) in [6.45, 7) is 4.97. The minimum atomic E-state index is -1.41. The summed E-state index contributed by atoms with van der Waals surface area (Å²) in [6, 6.07) is 0. The van der Waals surface area contributed by atoms with Crippen LogP contribution in [0.3, 0.4) is 0 Å². The summed E-state index contributed by atoms with van der Waals surface area (Å²) in [6.07, 6.45) is -0.872. The molecule has 0 unspecified atom stereocenters. The molecule has 0 aliphatic carbocycles. The molecular weight excluding hydrogens is 297 g/mol. The van der Waals surface area contributed by atoms with Crippen molar-refractivity contribution in [2.75, 3.05) is 5.32 Å². The molecule has 0 fully saturated rings. The molecule has 19 heavy (non-hydrogen) atoms. The van der Waals surface area contributed by atoms with E-state index in [-0.39, 0.29) is 16.1 Å². The van der Waals surface area contributed by atoms with Gasteiger partial charge in [0, 0.05) is 0 Å². The maximum Gasteiger partial charge on any atom is 0.412 e. The van der Waals surface area contributed by atoms with Crippen molar-refractivity contribution in [3.8, 4) is 0 Å². The van der Waals surface area contributed by atoms with E-state index in [1.807, 2.05) is 0 Å². The number of aromatic nitrogens is 2. The van der Waals surface area contributed by atoms with E-state index in [2.05, 4.69) is 15.3 Å². The number of nitrogens with one attached hydrogen (secondary N) is 1. The van der Waals surface area contributed by atoms with Crippen molar-refractivity contribution in [3.05, 3.63) is 16.1 Å². The first-order valence-electron chi connectivity index (χ1n) is 5.06. The van der Waals surface area contributed by atoms with Gasteiger partial charge >= 0.3 is 12.1 Å². The van der Waals surface area contributed by atoms with Crippen LogP contribution in [0.5, 0.6) is 0 Å². The number of carboxylic acid groups (broad SMARTS) is 1. The Morgan fingerprint density at radius 2 is 1.84 bits per heavy atom. The molecule has 0 spiro atoms. The fourth-order valence-corrected chi connectivity index (χ4v) is 1.51. The van der Waals surface area contributed by atoms with Gasteiger partial charge in [0.15, 0.2) is 10.8 Å². The van der Waals surface area contributed by atoms with Crippen LogP contribution in [0.15, 0.2) is 0 Å². The van der Waals surface area contributed by atoms with E-state index >= 15 is 0 Å². The maximum atomic E-state index is 11.6. The van der Waals surface area contributed by atoms with Crippen LogP contribution in [0.4, 0.5) is 10.5 Å². The number of carboxylic acids is 1. The van der Waals surface area contributed by atoms with Gasteiger partial charge in [0.2, 0.25) is 5.28 Å². The number of aromatic carboxylic acids is 1. The van der Waals surface area contributed by atoms with Crippen molar-refractivity contribution >= 4 is 41.0 Å². The van der Waals surface area contributed by atoms with Gasteiger partial charge in [0.1, 0.15) is 11.3 Å². The number of amides is 1. The predicted molar refractivity (Wildman–Crippen MR) is 68.9 cm³/mol. The van der Waals surface area contributed by atoms with Gasteiger partial charge in [0.25, 0.3) is 0 Å². The second kappa shape index (κ2) is 5.58. The molecule has 1 amide bonds. The first kappa shape index (κ1) is 15.5. The second-order valence-corrected chi connectivity index (χ2v) is 5.14. The van der Waals surface area contributed by atoms with Crippen LogP contribution in [-0.2, 0) is 4.74 Å². The normalized spacial score (nSPS) is 11.0. The molecule has 104 valence electrons. The number of carbonyl (C=O) groups is 2. The molecule has 1 rings (SSSR count). The fraction of sp³-hybridized carbons (Fsp3) is 0.400. The van der Waals surface area contributed by atoms with Crippen molar-refractivity contribution in [1.29, 1.82) is 0 Å². The van der Waals surface area contributed by atoms with Crippen LogP contribution in [-0.4, -0.2) is 32.7 Å². The average molecular weight is 308 g/mol. The molecule has 0 atom stereocenters. The van der Waals surface area contributed by atoms with Crippen molar-refractivity contribution in [3.63, 3.8) is 0 Å². The van der Waals surface area contributed by atoms with E-state index < -0.39 is 23.4 Å². The van der Waals surface area contributed by atoms with Crippen LogP contribution in [0.2, 0.25) is 10.4 Å². The third-order valence-electron chi connectivity index (χ3n) is 1.67. The summed E-state index contributed by atoms with van der Waals surface area (Å²) >= 11 is 11.2. The largest absolute Gasteiger partial charge is 0.476 e. The van der Waals surface area contributed by atoms with Crippen molar-refractivity contribution in [1.82, 2.24) is 9.97 Å². The van der Waals surface area contributed by atoms with Gasteiger partial charge in [0.05, 0.1) is 0 Å². The zero-order valence-corrected chi connectivity index (χ0v) is 11.8. The molecule has 7 nitrogen and oxygen atoms in total. The average Bonchev–Trinajstić information content (AvgIpc) is 2.18. The minimum absolute atomic E-state index is 0.271. The van der Waals surface area contributed by atoms with Crippen LogP contribution in [0.1, 0.15) is 31.3 Å². The standard InChI is InChI=1S/C10H11Cl2N3O4/c1-10(2,3)19-9(18)14-4-5(7(16)17)13-8(12)15-6(4)11/h1-3H3,(H,14,18)(H,16,17). The number of hydrogen-bond donors (Lipinski definition) is 2. The number of hydrogen-bond acceptors (Lipinski definition) is 5. The van der Waals surface area contributed by atoms with E-state index in [0.717, 1.165) is 0 Å². The molecule has 1 heterocycles. The van der Waals surface area contributed by atoms with Crippen LogP contribution in [0, 0.1) is 0 Å². The monoisotopic (exact) mass is 307 g/mol. The van der Waals surface area contributed by atoms with Gasteiger partial charge in [-0.05, 0) is 32.4 Å². The molecule has 0 aromatic carbocycles. The maximum absolute atomic E-state index is 11.6. The quantitative estimate of drug-likeness (QED) is 0.643.